The Balaban J connectivity index is 2.14. The van der Waals surface area contributed by atoms with Crippen LogP contribution in [0.2, 0.25) is 0 Å². The Morgan fingerprint density at radius 2 is 1.75 bits per heavy atom. The van der Waals surface area contributed by atoms with Crippen LogP contribution in [0.1, 0.15) is 68.2 Å². The van der Waals surface area contributed by atoms with Crippen LogP contribution >= 0.6 is 0 Å². The minimum Gasteiger partial charge on any atom is -0.444 e. The highest BCUT2D eigenvalue weighted by Crippen LogP contribution is 2.40. The van der Waals surface area contributed by atoms with E-state index in [-0.39, 0.29) is 24.4 Å². The van der Waals surface area contributed by atoms with Crippen LogP contribution in [0.5, 0.6) is 0 Å². The van der Waals surface area contributed by atoms with E-state index in [9.17, 15) is 4.79 Å². The molecule has 0 aromatic rings. The second kappa shape index (κ2) is 6.38. The maximum absolute atomic E-state index is 12.3. The van der Waals surface area contributed by atoms with E-state index in [0.717, 1.165) is 12.8 Å². The molecule has 0 bridgehead atoms. The van der Waals surface area contributed by atoms with Gasteiger partial charge in [-0.2, -0.15) is 0 Å². The Bertz CT molecular complexity index is 518. The molecule has 5 nitrogen and oxygen atoms in total. The Morgan fingerprint density at radius 1 is 1.21 bits per heavy atom. The van der Waals surface area contributed by atoms with Crippen molar-refractivity contribution in [1.29, 1.82) is 0 Å². The quantitative estimate of drug-likeness (QED) is 0.716. The third kappa shape index (κ3) is 3.97. The fourth-order valence-corrected chi connectivity index (χ4v) is 2.93. The highest BCUT2D eigenvalue weighted by Gasteiger charge is 2.53. The highest BCUT2D eigenvalue weighted by molar-refractivity contribution is 6.54. The van der Waals surface area contributed by atoms with E-state index >= 15 is 0 Å². The van der Waals surface area contributed by atoms with Crippen LogP contribution in [0.3, 0.4) is 0 Å². The fraction of sp³-hybridized carbons (Fsp3) is 0.833. The average Bonchev–Trinajstić information content (AvgIpc) is 2.64. The van der Waals surface area contributed by atoms with Crippen molar-refractivity contribution >= 4 is 13.2 Å². The molecule has 0 unspecified atom stereocenters. The van der Waals surface area contributed by atoms with E-state index in [4.69, 9.17) is 14.0 Å². The predicted octanol–water partition coefficient (Wildman–Crippen LogP) is 3.97. The van der Waals surface area contributed by atoms with E-state index in [1.807, 2.05) is 20.8 Å². The lowest BCUT2D eigenvalue weighted by atomic mass is 9.71. The standard InChI is InChI=1S/C18H32BNO4/c1-9-13-12-20(15(21)22-16(2,3)4)11-10-14(13)19-23-17(5,6)18(7,8)24-19/h9-12H2,1-8H3. The summed E-state index contributed by atoms with van der Waals surface area (Å²) in [5.41, 5.74) is 1.25. The van der Waals surface area contributed by atoms with Crippen LogP contribution in [0.4, 0.5) is 4.79 Å². The summed E-state index contributed by atoms with van der Waals surface area (Å²) in [4.78, 5) is 14.1. The lowest BCUT2D eigenvalue weighted by molar-refractivity contribution is 0.00578. The Kier molecular flexibility index (Phi) is 5.13. The largest absolute Gasteiger partial charge is 0.490 e. The Morgan fingerprint density at radius 3 is 2.21 bits per heavy atom. The molecule has 0 saturated carbocycles. The van der Waals surface area contributed by atoms with Gasteiger partial charge in [-0.1, -0.05) is 12.5 Å². The SMILES string of the molecule is CCC1=C(B2OC(C)(C)C(C)(C)O2)CCN(C(=O)OC(C)(C)C)C1. The van der Waals surface area contributed by atoms with Gasteiger partial charge >= 0.3 is 13.2 Å². The minimum absolute atomic E-state index is 0.249. The Labute approximate surface area is 146 Å². The lowest BCUT2D eigenvalue weighted by Crippen LogP contribution is -2.42. The van der Waals surface area contributed by atoms with Crippen LogP contribution in [0.25, 0.3) is 0 Å². The van der Waals surface area contributed by atoms with Crippen molar-refractivity contribution in [2.45, 2.75) is 85.0 Å². The van der Waals surface area contributed by atoms with Gasteiger partial charge in [0.05, 0.1) is 11.2 Å². The number of ether oxygens (including phenoxy) is 1. The number of amides is 1. The number of nitrogens with zero attached hydrogens (tertiary/aromatic N) is 1. The summed E-state index contributed by atoms with van der Waals surface area (Å²) in [6.45, 7) is 17.3. The maximum atomic E-state index is 12.3. The molecule has 6 heteroatoms. The minimum atomic E-state index is -0.473. The lowest BCUT2D eigenvalue weighted by Gasteiger charge is -2.33. The second-order valence-electron chi connectivity index (χ2n) is 8.72. The first kappa shape index (κ1) is 19.3. The summed E-state index contributed by atoms with van der Waals surface area (Å²) in [7, 11) is -0.314. The summed E-state index contributed by atoms with van der Waals surface area (Å²) in [5, 5.41) is 0. The molecule has 2 rings (SSSR count). The summed E-state index contributed by atoms with van der Waals surface area (Å²) in [6.07, 6.45) is 1.39. The smallest absolute Gasteiger partial charge is 0.444 e. The van der Waals surface area contributed by atoms with E-state index < -0.39 is 5.60 Å². The zero-order chi connectivity index (χ0) is 18.3. The van der Waals surface area contributed by atoms with Gasteiger partial charge < -0.3 is 18.9 Å². The summed E-state index contributed by atoms with van der Waals surface area (Å²) in [5.74, 6) is 0. The van der Waals surface area contributed by atoms with Gasteiger partial charge in [0.15, 0.2) is 0 Å². The van der Waals surface area contributed by atoms with Crippen LogP contribution < -0.4 is 0 Å². The summed E-state index contributed by atoms with van der Waals surface area (Å²) < 4.78 is 17.9. The molecule has 0 N–H and O–H groups in total. The maximum Gasteiger partial charge on any atom is 0.490 e. The Hall–Kier alpha value is -1.01. The molecule has 1 fully saturated rings. The molecule has 0 aromatic heterocycles. The van der Waals surface area contributed by atoms with Gasteiger partial charge in [-0.05, 0) is 66.8 Å². The molecule has 2 aliphatic rings. The predicted molar refractivity (Wildman–Crippen MR) is 95.8 cm³/mol. The van der Waals surface area contributed by atoms with Crippen molar-refractivity contribution in [2.75, 3.05) is 13.1 Å². The molecule has 2 heterocycles. The summed E-state index contributed by atoms with van der Waals surface area (Å²) in [6, 6.07) is 0. The fourth-order valence-electron chi connectivity index (χ4n) is 2.93. The first-order chi connectivity index (χ1) is 10.9. The topological polar surface area (TPSA) is 48.0 Å². The van der Waals surface area contributed by atoms with E-state index in [1.165, 1.54) is 11.0 Å². The molecular weight excluding hydrogens is 305 g/mol. The average molecular weight is 337 g/mol. The van der Waals surface area contributed by atoms with Gasteiger partial charge in [0, 0.05) is 13.1 Å². The first-order valence-electron chi connectivity index (χ1n) is 8.90. The normalized spacial score (nSPS) is 23.7. The molecule has 0 atom stereocenters. The van der Waals surface area contributed by atoms with Crippen molar-refractivity contribution in [2.24, 2.45) is 0 Å². The molecule has 2 aliphatic heterocycles. The highest BCUT2D eigenvalue weighted by atomic mass is 16.7. The number of carbonyl (C=O) groups is 1. The molecule has 0 radical (unpaired) electrons. The molecule has 1 amide bonds. The van der Waals surface area contributed by atoms with Crippen LogP contribution in [0, 0.1) is 0 Å². The number of carbonyl (C=O) groups excluding carboxylic acids is 1. The van der Waals surface area contributed by atoms with Crippen molar-refractivity contribution in [3.8, 4) is 0 Å². The number of hydrogen-bond acceptors (Lipinski definition) is 4. The van der Waals surface area contributed by atoms with Gasteiger partial charge in [-0.15, -0.1) is 0 Å². The molecule has 1 saturated heterocycles. The molecular formula is C18H32BNO4. The summed E-state index contributed by atoms with van der Waals surface area (Å²) >= 11 is 0. The molecule has 0 spiro atoms. The van der Waals surface area contributed by atoms with Gasteiger partial charge in [0.1, 0.15) is 5.60 Å². The van der Waals surface area contributed by atoms with Crippen molar-refractivity contribution < 1.29 is 18.8 Å². The van der Waals surface area contributed by atoms with E-state index in [1.54, 1.807) is 4.90 Å². The zero-order valence-corrected chi connectivity index (χ0v) is 16.5. The van der Waals surface area contributed by atoms with Gasteiger partial charge in [0.25, 0.3) is 0 Å². The van der Waals surface area contributed by atoms with Crippen molar-refractivity contribution in [1.82, 2.24) is 4.90 Å². The van der Waals surface area contributed by atoms with Crippen LogP contribution in [-0.2, 0) is 14.0 Å². The van der Waals surface area contributed by atoms with E-state index in [0.29, 0.717) is 13.1 Å². The zero-order valence-electron chi connectivity index (χ0n) is 16.5. The second-order valence-corrected chi connectivity index (χ2v) is 8.72. The van der Waals surface area contributed by atoms with Gasteiger partial charge in [-0.25, -0.2) is 4.79 Å². The number of hydrogen-bond donors (Lipinski definition) is 0. The monoisotopic (exact) mass is 337 g/mol. The molecule has 0 aliphatic carbocycles. The number of rotatable bonds is 2. The molecule has 0 aromatic carbocycles. The van der Waals surface area contributed by atoms with Crippen LogP contribution in [0.15, 0.2) is 11.0 Å². The van der Waals surface area contributed by atoms with Crippen LogP contribution in [-0.4, -0.2) is 48.0 Å². The first-order valence-corrected chi connectivity index (χ1v) is 8.90. The molecule has 136 valence electrons. The van der Waals surface area contributed by atoms with Crippen molar-refractivity contribution in [3.63, 3.8) is 0 Å². The third-order valence-corrected chi connectivity index (χ3v) is 5.10. The van der Waals surface area contributed by atoms with Gasteiger partial charge in [0.2, 0.25) is 0 Å². The van der Waals surface area contributed by atoms with Crippen molar-refractivity contribution in [3.05, 3.63) is 11.0 Å². The third-order valence-electron chi connectivity index (χ3n) is 5.10. The van der Waals surface area contributed by atoms with E-state index in [2.05, 4.69) is 34.6 Å². The molecule has 24 heavy (non-hydrogen) atoms. The van der Waals surface area contributed by atoms with Gasteiger partial charge in [-0.3, -0.25) is 0 Å².